The summed E-state index contributed by atoms with van der Waals surface area (Å²) in [6.07, 6.45) is 0. The zero-order chi connectivity index (χ0) is 19.2. The molecule has 142 valence electrons. The lowest BCUT2D eigenvalue weighted by molar-refractivity contribution is 0.601. The third-order valence-electron chi connectivity index (χ3n) is 4.98. The molecular formula is C20H21ClN2O2S2. The molecule has 2 aliphatic heterocycles. The van der Waals surface area contributed by atoms with Crippen molar-refractivity contribution in [3.8, 4) is 0 Å². The van der Waals surface area contributed by atoms with Crippen LogP contribution in [0.5, 0.6) is 0 Å². The molecule has 27 heavy (non-hydrogen) atoms. The zero-order valence-electron chi connectivity index (χ0n) is 15.2. The standard InChI is InChI=1S/C20H21ClN2O2S2/c1-13-6-7-18(14(2)8-13)23-19-12-27(24,25)11-17(19)22-20(23)26-10-15-4-3-5-16(21)9-15/h3-9,17,19H,10-12H2,1-2H3. The van der Waals surface area contributed by atoms with E-state index in [1.165, 1.54) is 5.56 Å². The number of anilines is 1. The molecule has 2 unspecified atom stereocenters. The fraction of sp³-hybridized carbons (Fsp3) is 0.350. The van der Waals surface area contributed by atoms with E-state index in [2.05, 4.69) is 36.9 Å². The first-order chi connectivity index (χ1) is 12.8. The summed E-state index contributed by atoms with van der Waals surface area (Å²) < 4.78 is 24.3. The van der Waals surface area contributed by atoms with Crippen molar-refractivity contribution >= 4 is 44.1 Å². The highest BCUT2D eigenvalue weighted by molar-refractivity contribution is 8.13. The predicted molar refractivity (Wildman–Crippen MR) is 115 cm³/mol. The second-order valence-corrected chi connectivity index (χ2v) is 10.7. The lowest BCUT2D eigenvalue weighted by atomic mass is 10.1. The second kappa shape index (κ2) is 7.15. The molecule has 0 radical (unpaired) electrons. The van der Waals surface area contributed by atoms with Gasteiger partial charge in [0.15, 0.2) is 15.0 Å². The largest absolute Gasteiger partial charge is 0.315 e. The summed E-state index contributed by atoms with van der Waals surface area (Å²) in [6.45, 7) is 4.13. The van der Waals surface area contributed by atoms with Crippen LogP contribution < -0.4 is 4.90 Å². The first-order valence-corrected chi connectivity index (χ1v) is 12.0. The van der Waals surface area contributed by atoms with Crippen molar-refractivity contribution < 1.29 is 8.42 Å². The number of hydrogen-bond donors (Lipinski definition) is 0. The fourth-order valence-corrected chi connectivity index (χ4v) is 6.88. The number of aryl methyl sites for hydroxylation is 2. The van der Waals surface area contributed by atoms with Gasteiger partial charge in [-0.15, -0.1) is 0 Å². The lowest BCUT2D eigenvalue weighted by Crippen LogP contribution is -2.39. The monoisotopic (exact) mass is 420 g/mol. The molecule has 0 aliphatic carbocycles. The summed E-state index contributed by atoms with van der Waals surface area (Å²) in [4.78, 5) is 6.94. The Balaban J connectivity index is 1.65. The summed E-state index contributed by atoms with van der Waals surface area (Å²) in [7, 11) is -3.04. The maximum atomic E-state index is 12.2. The average molecular weight is 421 g/mol. The van der Waals surface area contributed by atoms with E-state index in [9.17, 15) is 8.42 Å². The van der Waals surface area contributed by atoms with E-state index in [0.717, 1.165) is 32.8 Å². The van der Waals surface area contributed by atoms with Crippen molar-refractivity contribution in [3.05, 3.63) is 64.2 Å². The van der Waals surface area contributed by atoms with Crippen LogP contribution in [0.1, 0.15) is 16.7 Å². The highest BCUT2D eigenvalue weighted by Crippen LogP contribution is 2.37. The van der Waals surface area contributed by atoms with Gasteiger partial charge in [-0.05, 0) is 43.2 Å². The van der Waals surface area contributed by atoms with Gasteiger partial charge < -0.3 is 4.90 Å². The second-order valence-electron chi connectivity index (χ2n) is 7.20. The van der Waals surface area contributed by atoms with Gasteiger partial charge in [0.25, 0.3) is 0 Å². The molecular weight excluding hydrogens is 400 g/mol. The van der Waals surface area contributed by atoms with Gasteiger partial charge in [-0.3, -0.25) is 4.99 Å². The number of benzene rings is 2. The van der Waals surface area contributed by atoms with E-state index in [4.69, 9.17) is 16.6 Å². The number of amidine groups is 1. The van der Waals surface area contributed by atoms with Crippen molar-refractivity contribution in [2.24, 2.45) is 4.99 Å². The number of halogens is 1. The van der Waals surface area contributed by atoms with Crippen LogP contribution in [0.15, 0.2) is 47.5 Å². The Kier molecular flexibility index (Phi) is 4.99. The van der Waals surface area contributed by atoms with E-state index in [1.54, 1.807) is 11.8 Å². The van der Waals surface area contributed by atoms with Crippen molar-refractivity contribution in [1.29, 1.82) is 0 Å². The Labute approximate surface area is 169 Å². The third-order valence-corrected chi connectivity index (χ3v) is 7.95. The molecule has 7 heteroatoms. The minimum atomic E-state index is -3.04. The SMILES string of the molecule is Cc1ccc(N2C(SCc3cccc(Cl)c3)=NC3CS(=O)(=O)CC32)c(C)c1. The summed E-state index contributed by atoms with van der Waals surface area (Å²) in [5.41, 5.74) is 4.50. The first-order valence-electron chi connectivity index (χ1n) is 8.84. The van der Waals surface area contributed by atoms with Gasteiger partial charge >= 0.3 is 0 Å². The zero-order valence-corrected chi connectivity index (χ0v) is 17.6. The number of thioether (sulfide) groups is 1. The molecule has 2 aromatic rings. The van der Waals surface area contributed by atoms with Gasteiger partial charge in [-0.25, -0.2) is 8.42 Å². The molecule has 4 rings (SSSR count). The molecule has 1 fully saturated rings. The molecule has 0 saturated carbocycles. The number of aliphatic imine (C=N–C) groups is 1. The molecule has 2 heterocycles. The van der Waals surface area contributed by atoms with E-state index in [0.29, 0.717) is 0 Å². The van der Waals surface area contributed by atoms with Crippen LogP contribution in [0.4, 0.5) is 5.69 Å². The number of nitrogens with zero attached hydrogens (tertiary/aromatic N) is 2. The molecule has 0 bridgehead atoms. The van der Waals surface area contributed by atoms with Crippen LogP contribution in [-0.2, 0) is 15.6 Å². The highest BCUT2D eigenvalue weighted by Gasteiger charge is 2.47. The first kappa shape index (κ1) is 18.8. The van der Waals surface area contributed by atoms with Gasteiger partial charge in [0.2, 0.25) is 0 Å². The molecule has 0 aromatic heterocycles. The van der Waals surface area contributed by atoms with E-state index < -0.39 is 9.84 Å². The third kappa shape index (κ3) is 3.89. The van der Waals surface area contributed by atoms with Gasteiger partial charge in [0, 0.05) is 16.5 Å². The predicted octanol–water partition coefficient (Wildman–Crippen LogP) is 4.23. The topological polar surface area (TPSA) is 49.7 Å². The maximum Gasteiger partial charge on any atom is 0.164 e. The Bertz CT molecular complexity index is 1020. The fourth-order valence-electron chi connectivity index (χ4n) is 3.77. The number of fused-ring (bicyclic) bond motifs is 1. The minimum absolute atomic E-state index is 0.113. The van der Waals surface area contributed by atoms with Crippen molar-refractivity contribution in [1.82, 2.24) is 0 Å². The Hall–Kier alpha value is -1.50. The van der Waals surface area contributed by atoms with E-state index in [1.807, 2.05) is 24.3 Å². The number of sulfone groups is 1. The van der Waals surface area contributed by atoms with E-state index in [-0.39, 0.29) is 23.6 Å². The number of rotatable bonds is 3. The molecule has 4 nitrogen and oxygen atoms in total. The Morgan fingerprint density at radius 2 is 2.00 bits per heavy atom. The van der Waals surface area contributed by atoms with Gasteiger partial charge in [-0.2, -0.15) is 0 Å². The summed E-state index contributed by atoms with van der Waals surface area (Å²) in [5.74, 6) is 1.04. The minimum Gasteiger partial charge on any atom is -0.315 e. The molecule has 1 saturated heterocycles. The quantitative estimate of drug-likeness (QED) is 0.745. The van der Waals surface area contributed by atoms with Gasteiger partial charge in [0.1, 0.15) is 0 Å². The molecule has 0 amide bonds. The molecule has 0 spiro atoms. The molecule has 0 N–H and O–H groups in total. The molecule has 2 aromatic carbocycles. The Morgan fingerprint density at radius 1 is 1.19 bits per heavy atom. The summed E-state index contributed by atoms with van der Waals surface area (Å²) in [6, 6.07) is 13.8. The Morgan fingerprint density at radius 3 is 2.74 bits per heavy atom. The van der Waals surface area contributed by atoms with Crippen LogP contribution in [0.3, 0.4) is 0 Å². The molecule has 2 aliphatic rings. The van der Waals surface area contributed by atoms with Gasteiger partial charge in [0.05, 0.1) is 23.6 Å². The smallest absolute Gasteiger partial charge is 0.164 e. The molecule has 2 atom stereocenters. The van der Waals surface area contributed by atoms with Crippen molar-refractivity contribution in [2.45, 2.75) is 31.7 Å². The van der Waals surface area contributed by atoms with Gasteiger partial charge in [-0.1, -0.05) is 53.2 Å². The summed E-state index contributed by atoms with van der Waals surface area (Å²) >= 11 is 7.73. The summed E-state index contributed by atoms with van der Waals surface area (Å²) in [5, 5.41) is 1.61. The highest BCUT2D eigenvalue weighted by atomic mass is 35.5. The average Bonchev–Trinajstić information content (AvgIpc) is 3.05. The van der Waals surface area contributed by atoms with Crippen LogP contribution in [0.2, 0.25) is 5.02 Å². The van der Waals surface area contributed by atoms with Crippen LogP contribution >= 0.6 is 23.4 Å². The van der Waals surface area contributed by atoms with Crippen molar-refractivity contribution in [3.63, 3.8) is 0 Å². The van der Waals surface area contributed by atoms with Crippen LogP contribution in [0, 0.1) is 13.8 Å². The van der Waals surface area contributed by atoms with E-state index >= 15 is 0 Å². The maximum absolute atomic E-state index is 12.2. The lowest BCUT2D eigenvalue weighted by Gasteiger charge is -2.28. The van der Waals surface area contributed by atoms with Crippen LogP contribution in [0.25, 0.3) is 0 Å². The van der Waals surface area contributed by atoms with Crippen LogP contribution in [-0.4, -0.2) is 37.2 Å². The normalized spacial score (nSPS) is 23.4. The van der Waals surface area contributed by atoms with Crippen molar-refractivity contribution in [2.75, 3.05) is 16.4 Å². The number of hydrogen-bond acceptors (Lipinski definition) is 5.